The van der Waals surface area contributed by atoms with Crippen molar-refractivity contribution in [1.82, 2.24) is 14.9 Å². The molecular weight excluding hydrogens is 276 g/mol. The van der Waals surface area contributed by atoms with Gasteiger partial charge in [-0.2, -0.15) is 0 Å². The van der Waals surface area contributed by atoms with Crippen LogP contribution in [0, 0.1) is 0 Å². The number of anilines is 1. The van der Waals surface area contributed by atoms with Gasteiger partial charge in [-0.3, -0.25) is 4.79 Å². The van der Waals surface area contributed by atoms with Crippen LogP contribution in [0.3, 0.4) is 0 Å². The van der Waals surface area contributed by atoms with Gasteiger partial charge in [0.1, 0.15) is 0 Å². The van der Waals surface area contributed by atoms with E-state index >= 15 is 0 Å². The van der Waals surface area contributed by atoms with Crippen molar-refractivity contribution in [1.29, 1.82) is 0 Å². The Morgan fingerprint density at radius 2 is 2.06 bits per heavy atom. The maximum Gasteiger partial charge on any atom is 0.269 e. The van der Waals surface area contributed by atoms with Gasteiger partial charge in [-0.05, 0) is 6.42 Å². The van der Waals surface area contributed by atoms with E-state index in [2.05, 4.69) is 20.2 Å². The average Bonchev–Trinajstić information content (AvgIpc) is 2.73. The molecule has 1 amide bonds. The van der Waals surface area contributed by atoms with Gasteiger partial charge in [0.2, 0.25) is 15.4 Å². The Morgan fingerprint density at radius 1 is 1.33 bits per heavy atom. The van der Waals surface area contributed by atoms with Crippen molar-refractivity contribution < 1.29 is 13.2 Å². The van der Waals surface area contributed by atoms with Crippen LogP contribution in [0.1, 0.15) is 33.1 Å². The van der Waals surface area contributed by atoms with Crippen LogP contribution >= 0.6 is 11.3 Å². The highest BCUT2D eigenvalue weighted by atomic mass is 32.2. The second-order valence-corrected chi connectivity index (χ2v) is 6.58. The molecule has 0 spiro atoms. The number of unbranched alkanes of at least 4 members (excludes halogenated alkanes) is 2. The standard InChI is InChI=1S/C9H16N4O3S2/c1-3-4-5-6-10-18(15,16)9-13-12-8(17-9)11-7(2)14/h10H,3-6H2,1-2H3,(H,11,12,14). The number of nitrogens with one attached hydrogen (secondary N) is 2. The zero-order valence-corrected chi connectivity index (χ0v) is 11.9. The molecule has 1 aromatic heterocycles. The fourth-order valence-electron chi connectivity index (χ4n) is 1.16. The number of carbonyl (C=O) groups is 1. The van der Waals surface area contributed by atoms with E-state index in [4.69, 9.17) is 0 Å². The first-order chi connectivity index (χ1) is 8.45. The second kappa shape index (κ2) is 6.76. The van der Waals surface area contributed by atoms with Crippen LogP contribution < -0.4 is 10.0 Å². The molecule has 0 aliphatic carbocycles. The Hall–Kier alpha value is -1.06. The first kappa shape index (κ1) is 15.0. The smallest absolute Gasteiger partial charge is 0.269 e. The van der Waals surface area contributed by atoms with Gasteiger partial charge in [-0.15, -0.1) is 10.2 Å². The molecule has 0 bridgehead atoms. The molecule has 0 atom stereocenters. The molecule has 2 N–H and O–H groups in total. The number of aromatic nitrogens is 2. The highest BCUT2D eigenvalue weighted by Gasteiger charge is 2.19. The lowest BCUT2D eigenvalue weighted by molar-refractivity contribution is -0.114. The van der Waals surface area contributed by atoms with Crippen LogP contribution in [0.2, 0.25) is 0 Å². The Bertz CT molecular complexity index is 498. The maximum absolute atomic E-state index is 11.8. The molecule has 0 fully saturated rings. The minimum Gasteiger partial charge on any atom is -0.301 e. The molecule has 0 aliphatic rings. The first-order valence-corrected chi connectivity index (χ1v) is 7.86. The Morgan fingerprint density at radius 3 is 2.67 bits per heavy atom. The van der Waals surface area contributed by atoms with Gasteiger partial charge in [0.15, 0.2) is 0 Å². The van der Waals surface area contributed by atoms with Crippen LogP contribution in [0.4, 0.5) is 5.13 Å². The molecule has 0 saturated heterocycles. The Kier molecular flexibility index (Phi) is 5.63. The van der Waals surface area contributed by atoms with E-state index in [0.717, 1.165) is 30.6 Å². The summed E-state index contributed by atoms with van der Waals surface area (Å²) in [5, 5.41) is 9.69. The van der Waals surface area contributed by atoms with Gasteiger partial charge in [0, 0.05) is 13.5 Å². The third-order valence-corrected chi connectivity index (χ3v) is 4.66. The highest BCUT2D eigenvalue weighted by Crippen LogP contribution is 2.19. The predicted molar refractivity (Wildman–Crippen MR) is 68.9 cm³/mol. The van der Waals surface area contributed by atoms with Crippen LogP contribution in [0.5, 0.6) is 0 Å². The van der Waals surface area contributed by atoms with E-state index in [1.54, 1.807) is 0 Å². The third-order valence-electron chi connectivity index (χ3n) is 1.99. The summed E-state index contributed by atoms with van der Waals surface area (Å²) in [6.45, 7) is 3.74. The summed E-state index contributed by atoms with van der Waals surface area (Å²) in [7, 11) is -3.61. The van der Waals surface area contributed by atoms with E-state index in [1.807, 2.05) is 6.92 Å². The van der Waals surface area contributed by atoms with E-state index < -0.39 is 10.0 Å². The van der Waals surface area contributed by atoms with Crippen molar-refractivity contribution in [3.8, 4) is 0 Å². The largest absolute Gasteiger partial charge is 0.301 e. The van der Waals surface area contributed by atoms with Crippen molar-refractivity contribution >= 4 is 32.4 Å². The quantitative estimate of drug-likeness (QED) is 0.576. The van der Waals surface area contributed by atoms with Crippen LogP contribution in [-0.2, 0) is 14.8 Å². The summed E-state index contributed by atoms with van der Waals surface area (Å²) in [6, 6.07) is 0. The van der Waals surface area contributed by atoms with E-state index in [0.29, 0.717) is 6.54 Å². The van der Waals surface area contributed by atoms with Crippen molar-refractivity contribution in [2.24, 2.45) is 0 Å². The normalized spacial score (nSPS) is 11.4. The molecule has 1 aromatic rings. The lowest BCUT2D eigenvalue weighted by Gasteiger charge is -2.01. The van der Waals surface area contributed by atoms with Gasteiger partial charge >= 0.3 is 0 Å². The molecule has 1 heterocycles. The molecular formula is C9H16N4O3S2. The molecule has 0 aromatic carbocycles. The summed E-state index contributed by atoms with van der Waals surface area (Å²) in [5.41, 5.74) is 0. The van der Waals surface area contributed by atoms with Crippen LogP contribution in [0.25, 0.3) is 0 Å². The fraction of sp³-hybridized carbons (Fsp3) is 0.667. The summed E-state index contributed by atoms with van der Waals surface area (Å²) in [5.74, 6) is -0.314. The summed E-state index contributed by atoms with van der Waals surface area (Å²) in [4.78, 5) is 10.8. The Labute approximate surface area is 110 Å². The van der Waals surface area contributed by atoms with Gasteiger partial charge in [-0.25, -0.2) is 13.1 Å². The van der Waals surface area contributed by atoms with Gasteiger partial charge < -0.3 is 5.32 Å². The minimum atomic E-state index is -3.61. The fourth-order valence-corrected chi connectivity index (χ4v) is 3.22. The molecule has 7 nitrogen and oxygen atoms in total. The lowest BCUT2D eigenvalue weighted by Crippen LogP contribution is -2.24. The molecule has 0 radical (unpaired) electrons. The number of amides is 1. The minimum absolute atomic E-state index is 0.136. The zero-order chi connectivity index (χ0) is 13.6. The molecule has 1 rings (SSSR count). The van der Waals surface area contributed by atoms with Crippen molar-refractivity contribution in [2.75, 3.05) is 11.9 Å². The first-order valence-electron chi connectivity index (χ1n) is 5.56. The number of nitrogens with zero attached hydrogens (tertiary/aromatic N) is 2. The molecule has 0 aliphatic heterocycles. The predicted octanol–water partition coefficient (Wildman–Crippen LogP) is 0.965. The second-order valence-electron chi connectivity index (χ2n) is 3.66. The topological polar surface area (TPSA) is 101 Å². The highest BCUT2D eigenvalue weighted by molar-refractivity contribution is 7.91. The van der Waals surface area contributed by atoms with E-state index in [9.17, 15) is 13.2 Å². The van der Waals surface area contributed by atoms with Crippen molar-refractivity contribution in [2.45, 2.75) is 37.4 Å². The van der Waals surface area contributed by atoms with Crippen molar-refractivity contribution in [3.63, 3.8) is 0 Å². The molecule has 102 valence electrons. The number of rotatable bonds is 7. The summed E-state index contributed by atoms with van der Waals surface area (Å²) >= 11 is 0.827. The average molecular weight is 292 g/mol. The van der Waals surface area contributed by atoms with Gasteiger partial charge in [0.05, 0.1) is 0 Å². The van der Waals surface area contributed by atoms with Gasteiger partial charge in [-0.1, -0.05) is 31.1 Å². The molecule has 18 heavy (non-hydrogen) atoms. The maximum atomic E-state index is 11.8. The lowest BCUT2D eigenvalue weighted by atomic mass is 10.3. The monoisotopic (exact) mass is 292 g/mol. The van der Waals surface area contributed by atoms with Crippen molar-refractivity contribution in [3.05, 3.63) is 0 Å². The molecule has 0 saturated carbocycles. The zero-order valence-electron chi connectivity index (χ0n) is 10.3. The number of hydrogen-bond donors (Lipinski definition) is 2. The number of hydrogen-bond acceptors (Lipinski definition) is 6. The number of carbonyl (C=O) groups excluding carboxylic acids is 1. The van der Waals surface area contributed by atoms with Crippen LogP contribution in [-0.4, -0.2) is 31.1 Å². The third kappa shape index (κ3) is 4.67. The Balaban J connectivity index is 2.61. The summed E-state index contributed by atoms with van der Waals surface area (Å²) < 4.78 is 25.9. The number of sulfonamides is 1. The van der Waals surface area contributed by atoms with Crippen LogP contribution in [0.15, 0.2) is 4.34 Å². The van der Waals surface area contributed by atoms with Gasteiger partial charge in [0.25, 0.3) is 10.0 Å². The summed E-state index contributed by atoms with van der Waals surface area (Å²) in [6.07, 6.45) is 2.77. The molecule has 0 unspecified atom stereocenters. The SMILES string of the molecule is CCCCCNS(=O)(=O)c1nnc(NC(C)=O)s1. The van der Waals surface area contributed by atoms with E-state index in [-0.39, 0.29) is 15.4 Å². The molecule has 9 heteroatoms. The van der Waals surface area contributed by atoms with E-state index in [1.165, 1.54) is 6.92 Å².